The second kappa shape index (κ2) is 5.93. The topological polar surface area (TPSA) is 53.8 Å². The second-order valence-electron chi connectivity index (χ2n) is 4.55. The van der Waals surface area contributed by atoms with Crippen molar-refractivity contribution in [2.45, 2.75) is 6.92 Å². The predicted molar refractivity (Wildman–Crippen MR) is 74.7 cm³/mol. The van der Waals surface area contributed by atoms with E-state index in [2.05, 4.69) is 22.4 Å². The molecule has 1 aromatic rings. The third-order valence-corrected chi connectivity index (χ3v) is 3.15. The third-order valence-electron chi connectivity index (χ3n) is 3.15. The van der Waals surface area contributed by atoms with Gasteiger partial charge in [-0.15, -0.1) is 0 Å². The molecule has 1 aliphatic rings. The van der Waals surface area contributed by atoms with Crippen LogP contribution in [0.15, 0.2) is 18.2 Å². The van der Waals surface area contributed by atoms with E-state index >= 15 is 0 Å². The second-order valence-corrected chi connectivity index (χ2v) is 4.55. The Labute approximate surface area is 108 Å². The van der Waals surface area contributed by atoms with E-state index in [1.807, 2.05) is 25.1 Å². The van der Waals surface area contributed by atoms with Crippen molar-refractivity contribution in [2.75, 3.05) is 51.0 Å². The van der Waals surface area contributed by atoms with Crippen LogP contribution >= 0.6 is 0 Å². The molecule has 3 N–H and O–H groups in total. The van der Waals surface area contributed by atoms with Crippen molar-refractivity contribution in [1.29, 1.82) is 0 Å². The van der Waals surface area contributed by atoms with Gasteiger partial charge in [0.15, 0.2) is 0 Å². The molecule has 0 unspecified atom stereocenters. The van der Waals surface area contributed by atoms with Gasteiger partial charge < -0.3 is 20.8 Å². The van der Waals surface area contributed by atoms with Crippen LogP contribution in [-0.2, 0) is 0 Å². The summed E-state index contributed by atoms with van der Waals surface area (Å²) in [6.45, 7) is 6.71. The van der Waals surface area contributed by atoms with Crippen LogP contribution in [0.25, 0.3) is 0 Å². The molecule has 0 amide bonds. The zero-order valence-corrected chi connectivity index (χ0v) is 11.1. The van der Waals surface area contributed by atoms with E-state index in [1.54, 1.807) is 0 Å². The summed E-state index contributed by atoms with van der Waals surface area (Å²) >= 11 is 0. The molecule has 0 radical (unpaired) electrons. The van der Waals surface area contributed by atoms with E-state index in [1.165, 1.54) is 0 Å². The zero-order chi connectivity index (χ0) is 13.0. The highest BCUT2D eigenvalue weighted by Crippen LogP contribution is 2.29. The number of rotatable bonds is 4. The van der Waals surface area contributed by atoms with Gasteiger partial charge in [0.05, 0.1) is 18.0 Å². The maximum absolute atomic E-state index is 6.09. The smallest absolute Gasteiger partial charge is 0.144 e. The van der Waals surface area contributed by atoms with Gasteiger partial charge in [0.1, 0.15) is 5.75 Å². The van der Waals surface area contributed by atoms with Gasteiger partial charge in [0.25, 0.3) is 0 Å². The summed E-state index contributed by atoms with van der Waals surface area (Å²) in [5.41, 5.74) is 11.1. The standard InChI is InChI=1S/C13H22N4O/c1-3-18-12-6-4-5-11(13(12)14)15-17-9-7-16(2)8-10-17/h4-6,15H,3,7-10,14H2,1-2H3. The lowest BCUT2D eigenvalue weighted by Crippen LogP contribution is -2.47. The average Bonchev–Trinajstić information content (AvgIpc) is 2.37. The fraction of sp³-hybridized carbons (Fsp3) is 0.538. The minimum atomic E-state index is 0.627. The van der Waals surface area contributed by atoms with Crippen LogP contribution in [0.3, 0.4) is 0 Å². The Morgan fingerprint density at radius 1 is 1.28 bits per heavy atom. The highest BCUT2D eigenvalue weighted by atomic mass is 16.5. The van der Waals surface area contributed by atoms with E-state index in [-0.39, 0.29) is 0 Å². The van der Waals surface area contributed by atoms with Crippen LogP contribution in [-0.4, -0.2) is 49.7 Å². The number of nitrogens with one attached hydrogen (secondary N) is 1. The molecule has 0 bridgehead atoms. The first-order chi connectivity index (χ1) is 8.70. The Morgan fingerprint density at radius 2 is 2.00 bits per heavy atom. The van der Waals surface area contributed by atoms with E-state index < -0.39 is 0 Å². The first-order valence-corrected chi connectivity index (χ1v) is 6.42. The maximum Gasteiger partial charge on any atom is 0.144 e. The molecule has 0 aliphatic carbocycles. The summed E-state index contributed by atoms with van der Waals surface area (Å²) in [6, 6.07) is 5.84. The average molecular weight is 250 g/mol. The predicted octanol–water partition coefficient (Wildman–Crippen LogP) is 1.24. The summed E-state index contributed by atoms with van der Waals surface area (Å²) in [5.74, 6) is 0.747. The van der Waals surface area contributed by atoms with Gasteiger partial charge in [-0.05, 0) is 26.1 Å². The van der Waals surface area contributed by atoms with Crippen LogP contribution in [0.1, 0.15) is 6.92 Å². The summed E-state index contributed by atoms with van der Waals surface area (Å²) < 4.78 is 5.49. The molecule has 18 heavy (non-hydrogen) atoms. The highest BCUT2D eigenvalue weighted by Gasteiger charge is 2.15. The number of anilines is 2. The number of hydrogen-bond donors (Lipinski definition) is 2. The molecule has 5 heteroatoms. The molecule has 1 heterocycles. The number of hydrogen-bond acceptors (Lipinski definition) is 5. The molecule has 0 atom stereocenters. The Bertz CT molecular complexity index is 389. The van der Waals surface area contributed by atoms with Crippen molar-refractivity contribution in [2.24, 2.45) is 0 Å². The van der Waals surface area contributed by atoms with E-state index in [0.29, 0.717) is 12.3 Å². The number of hydrazine groups is 1. The van der Waals surface area contributed by atoms with Gasteiger partial charge in [0.2, 0.25) is 0 Å². The van der Waals surface area contributed by atoms with Gasteiger partial charge in [-0.25, -0.2) is 5.01 Å². The largest absolute Gasteiger partial charge is 0.492 e. The van der Waals surface area contributed by atoms with Crippen LogP contribution in [0.5, 0.6) is 5.75 Å². The number of nitrogens with zero attached hydrogens (tertiary/aromatic N) is 2. The van der Waals surface area contributed by atoms with Crippen molar-refractivity contribution in [3.63, 3.8) is 0 Å². The van der Waals surface area contributed by atoms with Crippen LogP contribution in [0.4, 0.5) is 11.4 Å². The molecule has 0 spiro atoms. The lowest BCUT2D eigenvalue weighted by molar-refractivity contribution is 0.179. The molecule has 1 aliphatic heterocycles. The molecule has 5 nitrogen and oxygen atoms in total. The number of piperazine rings is 1. The minimum Gasteiger partial charge on any atom is -0.492 e. The van der Waals surface area contributed by atoms with Crippen molar-refractivity contribution < 1.29 is 4.74 Å². The summed E-state index contributed by atoms with van der Waals surface area (Å²) in [4.78, 5) is 2.32. The van der Waals surface area contributed by atoms with Crippen LogP contribution in [0.2, 0.25) is 0 Å². The Balaban J connectivity index is 2.02. The number of ether oxygens (including phenoxy) is 1. The SMILES string of the molecule is CCOc1cccc(NN2CCN(C)CC2)c1N. The monoisotopic (exact) mass is 250 g/mol. The highest BCUT2D eigenvalue weighted by molar-refractivity contribution is 5.72. The molecule has 1 saturated heterocycles. The van der Waals surface area contributed by atoms with Crippen LogP contribution < -0.4 is 15.9 Å². The fourth-order valence-corrected chi connectivity index (χ4v) is 2.01. The number of likely N-dealkylation sites (N-methyl/N-ethyl adjacent to an activating group) is 1. The molecule has 0 saturated carbocycles. The Morgan fingerprint density at radius 3 is 2.67 bits per heavy atom. The molecule has 1 fully saturated rings. The van der Waals surface area contributed by atoms with Crippen molar-refractivity contribution in [3.8, 4) is 5.75 Å². The normalized spacial score (nSPS) is 17.7. The zero-order valence-electron chi connectivity index (χ0n) is 11.1. The van der Waals surface area contributed by atoms with Gasteiger partial charge >= 0.3 is 0 Å². The number of nitrogen functional groups attached to an aromatic ring is 1. The van der Waals surface area contributed by atoms with Crippen molar-refractivity contribution >= 4 is 11.4 Å². The first kappa shape index (κ1) is 13.0. The molecular weight excluding hydrogens is 228 g/mol. The first-order valence-electron chi connectivity index (χ1n) is 6.42. The molecular formula is C13H22N4O. The summed E-state index contributed by atoms with van der Waals surface area (Å²) in [6.07, 6.45) is 0. The van der Waals surface area contributed by atoms with E-state index in [4.69, 9.17) is 10.5 Å². The fourth-order valence-electron chi connectivity index (χ4n) is 2.01. The lowest BCUT2D eigenvalue weighted by Gasteiger charge is -2.33. The number of para-hydroxylation sites is 1. The van der Waals surface area contributed by atoms with Gasteiger partial charge in [-0.2, -0.15) is 0 Å². The van der Waals surface area contributed by atoms with E-state index in [0.717, 1.165) is 37.6 Å². The van der Waals surface area contributed by atoms with Gasteiger partial charge in [-0.3, -0.25) is 0 Å². The lowest BCUT2D eigenvalue weighted by atomic mass is 10.2. The van der Waals surface area contributed by atoms with Crippen LogP contribution in [0, 0.1) is 0 Å². The third kappa shape index (κ3) is 3.05. The van der Waals surface area contributed by atoms with Gasteiger partial charge in [0, 0.05) is 26.2 Å². The Hall–Kier alpha value is -1.46. The molecule has 100 valence electrons. The molecule has 2 rings (SSSR count). The minimum absolute atomic E-state index is 0.627. The van der Waals surface area contributed by atoms with E-state index in [9.17, 15) is 0 Å². The number of benzene rings is 1. The quantitative estimate of drug-likeness (QED) is 0.788. The molecule has 0 aromatic heterocycles. The molecule has 1 aromatic carbocycles. The summed E-state index contributed by atoms with van der Waals surface area (Å²) in [7, 11) is 2.14. The Kier molecular flexibility index (Phi) is 4.28. The maximum atomic E-state index is 6.09. The van der Waals surface area contributed by atoms with Gasteiger partial charge in [-0.1, -0.05) is 6.07 Å². The van der Waals surface area contributed by atoms with Crippen molar-refractivity contribution in [3.05, 3.63) is 18.2 Å². The van der Waals surface area contributed by atoms with Crippen molar-refractivity contribution in [1.82, 2.24) is 9.91 Å². The number of nitrogens with two attached hydrogens (primary N) is 1. The summed E-state index contributed by atoms with van der Waals surface area (Å²) in [5, 5.41) is 2.20.